The van der Waals surface area contributed by atoms with Gasteiger partial charge in [-0.15, -0.1) is 0 Å². The first-order valence-corrected chi connectivity index (χ1v) is 7.50. The smallest absolute Gasteiger partial charge is 0.0683 e. The van der Waals surface area contributed by atoms with E-state index >= 15 is 0 Å². The molecule has 0 aliphatic heterocycles. The number of allylic oxidation sites excluding steroid dienone is 1. The van der Waals surface area contributed by atoms with Gasteiger partial charge in [0.05, 0.1) is 8.07 Å². The average molecular weight is 193 g/mol. The molecule has 0 amide bonds. The molecule has 0 heterocycles. The molecule has 0 rings (SSSR count). The Bertz CT molecular complexity index is 81.0. The SMILES string of the molecule is C[Si](C)(C)/C=C/CBr. The zero-order chi connectivity index (χ0) is 6.62. The third-order valence-electron chi connectivity index (χ3n) is 0.707. The second kappa shape index (κ2) is 3.46. The molecule has 0 aromatic rings. The van der Waals surface area contributed by atoms with Gasteiger partial charge in [0.15, 0.2) is 0 Å². The van der Waals surface area contributed by atoms with Crippen molar-refractivity contribution >= 4 is 24.0 Å². The predicted molar refractivity (Wildman–Crippen MR) is 46.3 cm³/mol. The van der Waals surface area contributed by atoms with Crippen molar-refractivity contribution in [3.05, 3.63) is 11.8 Å². The molecule has 0 spiro atoms. The van der Waals surface area contributed by atoms with Crippen LogP contribution in [0.15, 0.2) is 11.8 Å². The van der Waals surface area contributed by atoms with Gasteiger partial charge in [-0.05, 0) is 0 Å². The molecule has 0 aromatic heterocycles. The third-order valence-corrected chi connectivity index (χ3v) is 2.32. The molecule has 0 saturated heterocycles. The van der Waals surface area contributed by atoms with Crippen molar-refractivity contribution in [2.75, 3.05) is 5.33 Å². The highest BCUT2D eigenvalue weighted by Crippen LogP contribution is 2.01. The van der Waals surface area contributed by atoms with Crippen LogP contribution in [-0.4, -0.2) is 13.4 Å². The second-order valence-electron chi connectivity index (χ2n) is 2.92. The molecule has 0 saturated carbocycles. The van der Waals surface area contributed by atoms with Crippen LogP contribution in [0.2, 0.25) is 19.6 Å². The molecule has 0 atom stereocenters. The summed E-state index contributed by atoms with van der Waals surface area (Å²) in [5.41, 5.74) is 2.34. The highest BCUT2D eigenvalue weighted by Gasteiger charge is 2.05. The molecule has 0 nitrogen and oxygen atoms in total. The predicted octanol–water partition coefficient (Wildman–Crippen LogP) is 2.81. The van der Waals surface area contributed by atoms with Gasteiger partial charge < -0.3 is 0 Å². The Kier molecular flexibility index (Phi) is 3.65. The quantitative estimate of drug-likeness (QED) is 0.467. The summed E-state index contributed by atoms with van der Waals surface area (Å²) in [6.45, 7) is 6.98. The van der Waals surface area contributed by atoms with E-state index in [1.165, 1.54) is 0 Å². The Labute approximate surface area is 61.1 Å². The maximum Gasteiger partial charge on any atom is 0.0683 e. The van der Waals surface area contributed by atoms with Crippen molar-refractivity contribution < 1.29 is 0 Å². The number of rotatable bonds is 2. The Morgan fingerprint density at radius 1 is 1.38 bits per heavy atom. The van der Waals surface area contributed by atoms with Gasteiger partial charge in [0.25, 0.3) is 0 Å². The first-order chi connectivity index (χ1) is 3.56. The zero-order valence-electron chi connectivity index (χ0n) is 5.74. The monoisotopic (exact) mass is 192 g/mol. The Morgan fingerprint density at radius 3 is 2.00 bits per heavy atom. The van der Waals surface area contributed by atoms with E-state index in [1.807, 2.05) is 0 Å². The van der Waals surface area contributed by atoms with Crippen molar-refractivity contribution in [1.29, 1.82) is 0 Å². The fraction of sp³-hybridized carbons (Fsp3) is 0.667. The van der Waals surface area contributed by atoms with Crippen LogP contribution in [0.4, 0.5) is 0 Å². The summed E-state index contributed by atoms with van der Waals surface area (Å²) in [4.78, 5) is 0. The standard InChI is InChI=1S/C6H13BrSi/c1-8(2,3)6-4-5-7/h4,6H,5H2,1-3H3/b6-4+. The lowest BCUT2D eigenvalue weighted by molar-refractivity contribution is 1.72. The fourth-order valence-electron chi connectivity index (χ4n) is 0.398. The van der Waals surface area contributed by atoms with Crippen LogP contribution in [0.1, 0.15) is 0 Å². The fourth-order valence-corrected chi connectivity index (χ4v) is 1.76. The average Bonchev–Trinajstić information content (AvgIpc) is 1.59. The lowest BCUT2D eigenvalue weighted by atomic mass is 10.8. The summed E-state index contributed by atoms with van der Waals surface area (Å²) in [5, 5.41) is 0.997. The minimum atomic E-state index is -0.889. The first-order valence-electron chi connectivity index (χ1n) is 2.80. The van der Waals surface area contributed by atoms with Gasteiger partial charge in [0, 0.05) is 5.33 Å². The number of alkyl halides is 1. The number of halogens is 1. The topological polar surface area (TPSA) is 0 Å². The lowest BCUT2D eigenvalue weighted by Crippen LogP contribution is -2.15. The lowest BCUT2D eigenvalue weighted by Gasteiger charge is -2.06. The van der Waals surface area contributed by atoms with Gasteiger partial charge in [-0.3, -0.25) is 0 Å². The minimum Gasteiger partial charge on any atom is -0.0981 e. The summed E-state index contributed by atoms with van der Waals surface area (Å²) in [5.74, 6) is 0. The van der Waals surface area contributed by atoms with Crippen LogP contribution >= 0.6 is 15.9 Å². The van der Waals surface area contributed by atoms with Crippen LogP contribution < -0.4 is 0 Å². The van der Waals surface area contributed by atoms with E-state index < -0.39 is 8.07 Å². The molecule has 0 bridgehead atoms. The van der Waals surface area contributed by atoms with Crippen LogP contribution in [0.5, 0.6) is 0 Å². The van der Waals surface area contributed by atoms with E-state index in [1.54, 1.807) is 0 Å². The minimum absolute atomic E-state index is 0.889. The summed E-state index contributed by atoms with van der Waals surface area (Å²) in [6, 6.07) is 0. The normalized spacial score (nSPS) is 13.0. The van der Waals surface area contributed by atoms with E-state index in [0.29, 0.717) is 0 Å². The Hall–Kier alpha value is 0.437. The molecule has 48 valence electrons. The van der Waals surface area contributed by atoms with Gasteiger partial charge in [-0.25, -0.2) is 0 Å². The Balaban J connectivity index is 3.52. The summed E-state index contributed by atoms with van der Waals surface area (Å²) in [6.07, 6.45) is 2.19. The van der Waals surface area contributed by atoms with Crippen LogP contribution in [-0.2, 0) is 0 Å². The molecule has 0 N–H and O–H groups in total. The molecule has 0 aliphatic carbocycles. The van der Waals surface area contributed by atoms with Crippen LogP contribution in [0.3, 0.4) is 0 Å². The molecule has 0 unspecified atom stereocenters. The number of hydrogen-bond acceptors (Lipinski definition) is 0. The van der Waals surface area contributed by atoms with Crippen molar-refractivity contribution in [2.24, 2.45) is 0 Å². The van der Waals surface area contributed by atoms with Crippen LogP contribution in [0.25, 0.3) is 0 Å². The molecule has 0 radical (unpaired) electrons. The van der Waals surface area contributed by atoms with Gasteiger partial charge in [0.2, 0.25) is 0 Å². The molecule has 0 fully saturated rings. The van der Waals surface area contributed by atoms with Gasteiger partial charge in [-0.1, -0.05) is 47.3 Å². The Morgan fingerprint density at radius 2 is 1.88 bits per heavy atom. The van der Waals surface area contributed by atoms with E-state index in [4.69, 9.17) is 0 Å². The van der Waals surface area contributed by atoms with Gasteiger partial charge in [-0.2, -0.15) is 0 Å². The highest BCUT2D eigenvalue weighted by atomic mass is 79.9. The maximum absolute atomic E-state index is 3.34. The highest BCUT2D eigenvalue weighted by molar-refractivity contribution is 9.09. The largest absolute Gasteiger partial charge is 0.0981 e. The molecular weight excluding hydrogens is 180 g/mol. The molecule has 0 aromatic carbocycles. The van der Waals surface area contributed by atoms with Crippen molar-refractivity contribution in [3.8, 4) is 0 Å². The summed E-state index contributed by atoms with van der Waals surface area (Å²) < 4.78 is 0. The second-order valence-corrected chi connectivity index (χ2v) is 8.64. The summed E-state index contributed by atoms with van der Waals surface area (Å²) in [7, 11) is -0.889. The molecule has 2 heteroatoms. The van der Waals surface area contributed by atoms with E-state index in [0.717, 1.165) is 5.33 Å². The maximum atomic E-state index is 3.34. The van der Waals surface area contributed by atoms with Crippen LogP contribution in [0, 0.1) is 0 Å². The zero-order valence-corrected chi connectivity index (χ0v) is 8.33. The first kappa shape index (κ1) is 8.44. The van der Waals surface area contributed by atoms with Crippen molar-refractivity contribution in [3.63, 3.8) is 0 Å². The molecule has 8 heavy (non-hydrogen) atoms. The van der Waals surface area contributed by atoms with Gasteiger partial charge in [0.1, 0.15) is 0 Å². The summed E-state index contributed by atoms with van der Waals surface area (Å²) >= 11 is 3.34. The van der Waals surface area contributed by atoms with Crippen molar-refractivity contribution in [2.45, 2.75) is 19.6 Å². The van der Waals surface area contributed by atoms with E-state index in [9.17, 15) is 0 Å². The molecule has 0 aliphatic rings. The van der Waals surface area contributed by atoms with E-state index in [-0.39, 0.29) is 0 Å². The third kappa shape index (κ3) is 6.44. The molecular formula is C6H13BrSi. The van der Waals surface area contributed by atoms with Crippen molar-refractivity contribution in [1.82, 2.24) is 0 Å². The van der Waals surface area contributed by atoms with Gasteiger partial charge >= 0.3 is 0 Å². The van der Waals surface area contributed by atoms with E-state index in [2.05, 4.69) is 47.3 Å². The number of hydrogen-bond donors (Lipinski definition) is 0.